The van der Waals surface area contributed by atoms with Gasteiger partial charge in [0.15, 0.2) is 0 Å². The van der Waals surface area contributed by atoms with Gasteiger partial charge in [0.1, 0.15) is 0 Å². The van der Waals surface area contributed by atoms with Gasteiger partial charge in [-0.25, -0.2) is 0 Å². The normalized spacial score (nSPS) is 12.1. The van der Waals surface area contributed by atoms with Crippen LogP contribution in [0.4, 0.5) is 18.9 Å². The average molecular weight is 288 g/mol. The Bertz CT molecular complexity index is 470. The Balaban J connectivity index is 2.60. The minimum Gasteiger partial charge on any atom is -0.376 e. The van der Waals surface area contributed by atoms with Crippen molar-refractivity contribution in [3.05, 3.63) is 29.8 Å². The van der Waals surface area contributed by atoms with E-state index in [-0.39, 0.29) is 23.7 Å². The molecule has 112 valence electrons. The molecule has 20 heavy (non-hydrogen) atoms. The average Bonchev–Trinajstić information content (AvgIpc) is 2.35. The summed E-state index contributed by atoms with van der Waals surface area (Å²) in [5, 5.41) is 5.49. The van der Waals surface area contributed by atoms with E-state index >= 15 is 0 Å². The van der Waals surface area contributed by atoms with E-state index in [0.29, 0.717) is 0 Å². The molecule has 2 N–H and O–H groups in total. The number of hydrogen-bond donors (Lipinski definition) is 2. The Kier molecular flexibility index (Phi) is 5.03. The minimum absolute atomic E-state index is 0.0647. The first-order valence-corrected chi connectivity index (χ1v) is 6.36. The van der Waals surface area contributed by atoms with Crippen LogP contribution in [0.3, 0.4) is 0 Å². The van der Waals surface area contributed by atoms with Crippen LogP contribution in [0.15, 0.2) is 24.3 Å². The molecule has 0 bridgehead atoms. The van der Waals surface area contributed by atoms with E-state index < -0.39 is 11.7 Å². The molecule has 0 aromatic heterocycles. The molecule has 1 aromatic carbocycles. The molecular formula is C14H19F3N2O. The van der Waals surface area contributed by atoms with Gasteiger partial charge in [0.25, 0.3) is 0 Å². The summed E-state index contributed by atoms with van der Waals surface area (Å²) in [5.74, 6) is -0.255. The van der Waals surface area contributed by atoms with Gasteiger partial charge in [-0.2, -0.15) is 13.2 Å². The van der Waals surface area contributed by atoms with Crippen molar-refractivity contribution in [2.75, 3.05) is 11.9 Å². The highest BCUT2D eigenvalue weighted by atomic mass is 19.4. The van der Waals surface area contributed by atoms with Crippen molar-refractivity contribution in [3.63, 3.8) is 0 Å². The summed E-state index contributed by atoms with van der Waals surface area (Å²) >= 11 is 0. The minimum atomic E-state index is -4.38. The zero-order valence-electron chi connectivity index (χ0n) is 11.8. The molecule has 3 nitrogen and oxygen atoms in total. The summed E-state index contributed by atoms with van der Waals surface area (Å²) in [4.78, 5) is 11.7. The van der Waals surface area contributed by atoms with Crippen LogP contribution in [0.2, 0.25) is 0 Å². The lowest BCUT2D eigenvalue weighted by molar-refractivity contribution is -0.137. The molecule has 0 spiro atoms. The van der Waals surface area contributed by atoms with E-state index in [2.05, 4.69) is 10.6 Å². The molecule has 0 unspecified atom stereocenters. The maximum atomic E-state index is 12.5. The zero-order chi connectivity index (χ0) is 15.4. The Hall–Kier alpha value is -1.72. The van der Waals surface area contributed by atoms with Gasteiger partial charge in [-0.15, -0.1) is 0 Å². The number of amides is 1. The Morgan fingerprint density at radius 1 is 1.25 bits per heavy atom. The molecule has 0 aliphatic heterocycles. The largest absolute Gasteiger partial charge is 0.416 e. The van der Waals surface area contributed by atoms with Crippen LogP contribution in [0, 0.1) is 0 Å². The van der Waals surface area contributed by atoms with E-state index in [9.17, 15) is 18.0 Å². The Labute approximate surface area is 116 Å². The van der Waals surface area contributed by atoms with Crippen LogP contribution in [-0.4, -0.2) is 18.0 Å². The lowest BCUT2D eigenvalue weighted by atomic mass is 10.0. The topological polar surface area (TPSA) is 41.1 Å². The van der Waals surface area contributed by atoms with E-state index in [0.717, 1.165) is 18.6 Å². The maximum Gasteiger partial charge on any atom is 0.416 e. The zero-order valence-corrected chi connectivity index (χ0v) is 11.8. The fourth-order valence-corrected chi connectivity index (χ4v) is 1.50. The second kappa shape index (κ2) is 6.15. The number of nitrogens with one attached hydrogen (secondary N) is 2. The number of halogens is 3. The lowest BCUT2D eigenvalue weighted by Gasteiger charge is -2.24. The monoisotopic (exact) mass is 288 g/mol. The highest BCUT2D eigenvalue weighted by Gasteiger charge is 2.30. The van der Waals surface area contributed by atoms with Crippen molar-refractivity contribution in [3.8, 4) is 0 Å². The standard InChI is InChI=1S/C14H19F3N2O/c1-4-13(2,3)19-12(20)9-18-11-7-5-6-10(8-11)14(15,16)17/h5-8,18H,4,9H2,1-3H3,(H,19,20). The summed E-state index contributed by atoms with van der Waals surface area (Å²) in [6.07, 6.45) is -3.62. The SMILES string of the molecule is CCC(C)(C)NC(=O)CNc1cccc(C(F)(F)F)c1. The second-order valence-electron chi connectivity index (χ2n) is 5.22. The molecular weight excluding hydrogens is 269 g/mol. The number of rotatable bonds is 5. The van der Waals surface area contributed by atoms with Gasteiger partial charge in [-0.05, 0) is 38.5 Å². The van der Waals surface area contributed by atoms with E-state index in [1.807, 2.05) is 20.8 Å². The van der Waals surface area contributed by atoms with E-state index in [1.165, 1.54) is 12.1 Å². The first kappa shape index (κ1) is 16.3. The van der Waals surface area contributed by atoms with Crippen molar-refractivity contribution < 1.29 is 18.0 Å². The molecule has 0 radical (unpaired) electrons. The van der Waals surface area contributed by atoms with Gasteiger partial charge in [-0.3, -0.25) is 4.79 Å². The van der Waals surface area contributed by atoms with Gasteiger partial charge >= 0.3 is 6.18 Å². The number of benzene rings is 1. The first-order valence-electron chi connectivity index (χ1n) is 6.36. The summed E-state index contributed by atoms with van der Waals surface area (Å²) < 4.78 is 37.6. The maximum absolute atomic E-state index is 12.5. The Morgan fingerprint density at radius 2 is 1.90 bits per heavy atom. The van der Waals surface area contributed by atoms with Gasteiger partial charge < -0.3 is 10.6 Å². The third kappa shape index (κ3) is 5.11. The van der Waals surface area contributed by atoms with Crippen LogP contribution in [0.25, 0.3) is 0 Å². The highest BCUT2D eigenvalue weighted by Crippen LogP contribution is 2.30. The van der Waals surface area contributed by atoms with Crippen LogP contribution < -0.4 is 10.6 Å². The molecule has 0 aliphatic rings. The van der Waals surface area contributed by atoms with Gasteiger partial charge in [0, 0.05) is 11.2 Å². The highest BCUT2D eigenvalue weighted by molar-refractivity contribution is 5.81. The molecule has 1 amide bonds. The summed E-state index contributed by atoms with van der Waals surface area (Å²) in [5.41, 5.74) is -0.798. The van der Waals surface area contributed by atoms with Crippen LogP contribution >= 0.6 is 0 Å². The second-order valence-corrected chi connectivity index (χ2v) is 5.22. The number of carbonyl (C=O) groups excluding carboxylic acids is 1. The van der Waals surface area contributed by atoms with E-state index in [1.54, 1.807) is 0 Å². The van der Waals surface area contributed by atoms with Crippen molar-refractivity contribution in [1.82, 2.24) is 5.32 Å². The van der Waals surface area contributed by atoms with Gasteiger partial charge in [0.05, 0.1) is 12.1 Å². The summed E-state index contributed by atoms with van der Waals surface area (Å²) in [7, 11) is 0. The third-order valence-electron chi connectivity index (χ3n) is 3.00. The Morgan fingerprint density at radius 3 is 2.45 bits per heavy atom. The van der Waals surface area contributed by atoms with Crippen molar-refractivity contribution in [2.45, 2.75) is 38.9 Å². The quantitative estimate of drug-likeness (QED) is 0.871. The predicted octanol–water partition coefficient (Wildman–Crippen LogP) is 3.42. The van der Waals surface area contributed by atoms with Crippen LogP contribution in [0.1, 0.15) is 32.8 Å². The molecule has 0 saturated carbocycles. The number of hydrogen-bond acceptors (Lipinski definition) is 2. The summed E-state index contributed by atoms with van der Waals surface area (Å²) in [6.45, 7) is 5.65. The van der Waals surface area contributed by atoms with Crippen molar-refractivity contribution >= 4 is 11.6 Å². The molecule has 0 heterocycles. The fourth-order valence-electron chi connectivity index (χ4n) is 1.50. The summed E-state index contributed by atoms with van der Waals surface area (Å²) in [6, 6.07) is 4.77. The molecule has 0 saturated heterocycles. The molecule has 0 atom stereocenters. The number of alkyl halides is 3. The van der Waals surface area contributed by atoms with Crippen molar-refractivity contribution in [1.29, 1.82) is 0 Å². The first-order chi connectivity index (χ1) is 9.14. The smallest absolute Gasteiger partial charge is 0.376 e. The van der Waals surface area contributed by atoms with Crippen LogP contribution in [0.5, 0.6) is 0 Å². The molecule has 1 rings (SSSR count). The lowest BCUT2D eigenvalue weighted by Crippen LogP contribution is -2.45. The molecule has 6 heteroatoms. The van der Waals surface area contributed by atoms with E-state index in [4.69, 9.17) is 0 Å². The van der Waals surface area contributed by atoms with Gasteiger partial charge in [-0.1, -0.05) is 13.0 Å². The third-order valence-corrected chi connectivity index (χ3v) is 3.00. The molecule has 0 fully saturated rings. The predicted molar refractivity (Wildman–Crippen MR) is 72.4 cm³/mol. The molecule has 0 aliphatic carbocycles. The fraction of sp³-hybridized carbons (Fsp3) is 0.500. The number of anilines is 1. The molecule has 1 aromatic rings. The van der Waals surface area contributed by atoms with Crippen molar-refractivity contribution in [2.24, 2.45) is 0 Å². The number of carbonyl (C=O) groups is 1. The van der Waals surface area contributed by atoms with Gasteiger partial charge in [0.2, 0.25) is 5.91 Å². The van der Waals surface area contributed by atoms with Crippen LogP contribution in [-0.2, 0) is 11.0 Å².